The van der Waals surface area contributed by atoms with Crippen LogP contribution in [0.3, 0.4) is 0 Å². The van der Waals surface area contributed by atoms with E-state index in [0.717, 1.165) is 0 Å². The average molecular weight is 171 g/mol. The van der Waals surface area contributed by atoms with Crippen molar-refractivity contribution >= 4 is 23.0 Å². The van der Waals surface area contributed by atoms with Gasteiger partial charge in [-0.25, -0.2) is 0 Å². The number of allylic oxidation sites excluding steroid dienone is 1. The van der Waals surface area contributed by atoms with E-state index in [9.17, 15) is 4.21 Å². The minimum Gasteiger partial charge on any atom is -0.284 e. The van der Waals surface area contributed by atoms with Crippen LogP contribution in [0.4, 0.5) is 0 Å². The van der Waals surface area contributed by atoms with Crippen LogP contribution >= 0.6 is 11.6 Å². The molecule has 0 aliphatic carbocycles. The third kappa shape index (κ3) is 8.10. The third-order valence-electron chi connectivity index (χ3n) is 0.521. The second kappa shape index (κ2) is 6.22. The number of hydrogen-bond donors (Lipinski definition) is 1. The van der Waals surface area contributed by atoms with E-state index in [1.54, 1.807) is 12.2 Å². The van der Waals surface area contributed by atoms with Crippen molar-refractivity contribution in [3.8, 4) is 0 Å². The molecule has 0 heterocycles. The van der Waals surface area contributed by atoms with Crippen molar-refractivity contribution in [3.63, 3.8) is 0 Å². The predicted molar refractivity (Wildman–Crippen MR) is 36.6 cm³/mol. The SMILES string of the molecule is O=S(O)OCC=CCCl. The summed E-state index contributed by atoms with van der Waals surface area (Å²) in [4.78, 5) is 0. The van der Waals surface area contributed by atoms with Crippen molar-refractivity contribution in [2.45, 2.75) is 0 Å². The van der Waals surface area contributed by atoms with Gasteiger partial charge in [0, 0.05) is 5.88 Å². The Morgan fingerprint density at radius 1 is 1.67 bits per heavy atom. The molecule has 1 unspecified atom stereocenters. The molecule has 9 heavy (non-hydrogen) atoms. The number of halogens is 1. The Labute approximate surface area is 61.1 Å². The summed E-state index contributed by atoms with van der Waals surface area (Å²) < 4.78 is 22.0. The Morgan fingerprint density at radius 2 is 2.33 bits per heavy atom. The van der Waals surface area contributed by atoms with Crippen molar-refractivity contribution in [1.82, 2.24) is 0 Å². The molecule has 3 nitrogen and oxygen atoms in total. The van der Waals surface area contributed by atoms with Crippen molar-refractivity contribution in [2.75, 3.05) is 12.5 Å². The molecule has 0 bridgehead atoms. The van der Waals surface area contributed by atoms with Crippen LogP contribution in [0, 0.1) is 0 Å². The molecule has 0 saturated carbocycles. The standard InChI is InChI=1S/C4H7ClO3S/c5-3-1-2-4-8-9(6)7/h1-2H,3-4H2,(H,6,7). The second-order valence-corrected chi connectivity index (χ2v) is 2.11. The predicted octanol–water partition coefficient (Wildman–Crippen LogP) is 0.935. The zero-order valence-corrected chi connectivity index (χ0v) is 6.19. The van der Waals surface area contributed by atoms with Gasteiger partial charge in [-0.15, -0.1) is 11.6 Å². The maximum Gasteiger partial charge on any atom is 0.302 e. The zero-order chi connectivity index (χ0) is 7.11. The summed E-state index contributed by atoms with van der Waals surface area (Å²) in [5, 5.41) is 0. The summed E-state index contributed by atoms with van der Waals surface area (Å²) in [7, 11) is 0. The smallest absolute Gasteiger partial charge is 0.284 e. The van der Waals surface area contributed by atoms with Crippen LogP contribution in [0.15, 0.2) is 12.2 Å². The molecule has 0 fully saturated rings. The average Bonchev–Trinajstić information content (AvgIpc) is 1.80. The van der Waals surface area contributed by atoms with Crippen LogP contribution in [0.25, 0.3) is 0 Å². The molecule has 0 aromatic heterocycles. The summed E-state index contributed by atoms with van der Waals surface area (Å²) >= 11 is 3.07. The van der Waals surface area contributed by atoms with Gasteiger partial charge in [0.15, 0.2) is 0 Å². The van der Waals surface area contributed by atoms with E-state index < -0.39 is 11.4 Å². The van der Waals surface area contributed by atoms with Crippen LogP contribution in [0.2, 0.25) is 0 Å². The van der Waals surface area contributed by atoms with E-state index in [4.69, 9.17) is 16.2 Å². The highest BCUT2D eigenvalue weighted by Crippen LogP contribution is 1.82. The Bertz CT molecular complexity index is 114. The van der Waals surface area contributed by atoms with Crippen molar-refractivity contribution in [2.24, 2.45) is 0 Å². The molecule has 0 spiro atoms. The molecule has 1 N–H and O–H groups in total. The van der Waals surface area contributed by atoms with Gasteiger partial charge in [-0.3, -0.25) is 8.74 Å². The lowest BCUT2D eigenvalue weighted by atomic mass is 10.6. The van der Waals surface area contributed by atoms with Crippen molar-refractivity contribution in [1.29, 1.82) is 0 Å². The van der Waals surface area contributed by atoms with Gasteiger partial charge in [-0.1, -0.05) is 12.2 Å². The quantitative estimate of drug-likeness (QED) is 0.388. The molecule has 5 heteroatoms. The highest BCUT2D eigenvalue weighted by atomic mass is 35.5. The molecule has 0 amide bonds. The fourth-order valence-electron chi connectivity index (χ4n) is 0.229. The fourth-order valence-corrected chi connectivity index (χ4v) is 0.549. The minimum atomic E-state index is -2.16. The van der Waals surface area contributed by atoms with E-state index in [1.807, 2.05) is 0 Å². The molecule has 0 aromatic carbocycles. The van der Waals surface area contributed by atoms with Gasteiger partial charge < -0.3 is 0 Å². The van der Waals surface area contributed by atoms with Crippen LogP contribution in [0.1, 0.15) is 0 Å². The molecule has 0 aliphatic heterocycles. The van der Waals surface area contributed by atoms with Crippen LogP contribution in [-0.4, -0.2) is 21.2 Å². The lowest BCUT2D eigenvalue weighted by molar-refractivity contribution is 0.342. The second-order valence-electron chi connectivity index (χ2n) is 1.13. The van der Waals surface area contributed by atoms with Gasteiger partial charge >= 0.3 is 11.4 Å². The first-order valence-corrected chi connectivity index (χ1v) is 3.79. The minimum absolute atomic E-state index is 0.121. The first kappa shape index (κ1) is 9.10. The molecule has 0 aromatic rings. The van der Waals surface area contributed by atoms with E-state index in [2.05, 4.69) is 4.18 Å². The van der Waals surface area contributed by atoms with Crippen molar-refractivity contribution < 1.29 is 12.9 Å². The largest absolute Gasteiger partial charge is 0.302 e. The third-order valence-corrected chi connectivity index (χ3v) is 1.04. The highest BCUT2D eigenvalue weighted by Gasteiger charge is 1.85. The molecule has 1 atom stereocenters. The Hall–Kier alpha value is 0.1000. The molecular formula is C4H7ClO3S. The number of rotatable bonds is 4. The normalized spacial score (nSPS) is 14.4. The summed E-state index contributed by atoms with van der Waals surface area (Å²) in [6, 6.07) is 0. The van der Waals surface area contributed by atoms with Crippen LogP contribution in [-0.2, 0) is 15.5 Å². The van der Waals surface area contributed by atoms with Gasteiger partial charge in [0.25, 0.3) is 0 Å². The van der Waals surface area contributed by atoms with Gasteiger partial charge in [0.05, 0.1) is 6.61 Å². The first-order valence-electron chi connectivity index (χ1n) is 2.22. The monoisotopic (exact) mass is 170 g/mol. The Kier molecular flexibility index (Phi) is 6.29. The molecular weight excluding hydrogens is 164 g/mol. The molecule has 0 saturated heterocycles. The molecule has 0 rings (SSSR count). The Balaban J connectivity index is 3.09. The van der Waals surface area contributed by atoms with Gasteiger partial charge in [-0.05, 0) is 0 Å². The summed E-state index contributed by atoms with van der Waals surface area (Å²) in [5.74, 6) is 0.390. The molecule has 0 aliphatic rings. The number of alkyl halides is 1. The summed E-state index contributed by atoms with van der Waals surface area (Å²) in [5.41, 5.74) is 0. The van der Waals surface area contributed by atoms with Gasteiger partial charge in [0.1, 0.15) is 0 Å². The zero-order valence-electron chi connectivity index (χ0n) is 4.62. The molecule has 54 valence electrons. The lowest BCUT2D eigenvalue weighted by Crippen LogP contribution is -1.93. The van der Waals surface area contributed by atoms with Crippen LogP contribution in [0.5, 0.6) is 0 Å². The van der Waals surface area contributed by atoms with Crippen LogP contribution < -0.4 is 0 Å². The summed E-state index contributed by atoms with van der Waals surface area (Å²) in [6.07, 6.45) is 3.20. The van der Waals surface area contributed by atoms with Crippen molar-refractivity contribution in [3.05, 3.63) is 12.2 Å². The summed E-state index contributed by atoms with van der Waals surface area (Å²) in [6.45, 7) is 0.121. The lowest BCUT2D eigenvalue weighted by Gasteiger charge is -1.88. The van der Waals surface area contributed by atoms with Gasteiger partial charge in [0.2, 0.25) is 0 Å². The maximum atomic E-state index is 9.78. The van der Waals surface area contributed by atoms with E-state index >= 15 is 0 Å². The number of hydrogen-bond acceptors (Lipinski definition) is 2. The Morgan fingerprint density at radius 3 is 2.78 bits per heavy atom. The van der Waals surface area contributed by atoms with E-state index in [0.29, 0.717) is 5.88 Å². The fraction of sp³-hybridized carbons (Fsp3) is 0.500. The highest BCUT2D eigenvalue weighted by molar-refractivity contribution is 7.74. The maximum absolute atomic E-state index is 9.78. The molecule has 0 radical (unpaired) electrons. The van der Waals surface area contributed by atoms with E-state index in [1.165, 1.54) is 0 Å². The first-order chi connectivity index (χ1) is 4.27. The van der Waals surface area contributed by atoms with Gasteiger partial charge in [-0.2, -0.15) is 4.21 Å². The van der Waals surface area contributed by atoms with E-state index in [-0.39, 0.29) is 6.61 Å². The topological polar surface area (TPSA) is 46.5 Å².